The maximum atomic E-state index is 12.9. The zero-order chi connectivity index (χ0) is 16.9. The molecule has 130 valence electrons. The van der Waals surface area contributed by atoms with Gasteiger partial charge in [0.1, 0.15) is 6.04 Å². The second-order valence-corrected chi connectivity index (χ2v) is 6.65. The summed E-state index contributed by atoms with van der Waals surface area (Å²) in [6, 6.07) is 10.0. The molecule has 3 unspecified atom stereocenters. The Morgan fingerprint density at radius 2 is 1.96 bits per heavy atom. The zero-order valence-electron chi connectivity index (χ0n) is 13.8. The summed E-state index contributed by atoms with van der Waals surface area (Å²) in [7, 11) is 0. The van der Waals surface area contributed by atoms with Crippen LogP contribution in [0.1, 0.15) is 50.1 Å². The van der Waals surface area contributed by atoms with E-state index < -0.39 is 5.97 Å². The molecule has 24 heavy (non-hydrogen) atoms. The van der Waals surface area contributed by atoms with E-state index in [1.165, 1.54) is 5.56 Å². The average molecular weight is 331 g/mol. The number of benzene rings is 1. The largest absolute Gasteiger partial charge is 0.481 e. The molecular weight excluding hydrogens is 306 g/mol. The molecule has 0 aliphatic carbocycles. The summed E-state index contributed by atoms with van der Waals surface area (Å²) in [5.41, 5.74) is 7.51. The summed E-state index contributed by atoms with van der Waals surface area (Å²) >= 11 is 0. The highest BCUT2D eigenvalue weighted by Crippen LogP contribution is 2.26. The van der Waals surface area contributed by atoms with E-state index in [1.807, 2.05) is 23.1 Å². The number of amides is 1. The monoisotopic (exact) mass is 331 g/mol. The molecule has 2 aliphatic heterocycles. The summed E-state index contributed by atoms with van der Waals surface area (Å²) < 4.78 is 0. The molecule has 6 heteroatoms. The van der Waals surface area contributed by atoms with Crippen molar-refractivity contribution in [1.29, 1.82) is 0 Å². The van der Waals surface area contributed by atoms with Gasteiger partial charge >= 0.3 is 5.97 Å². The Morgan fingerprint density at radius 3 is 2.71 bits per heavy atom. The fraction of sp³-hybridized carbons (Fsp3) is 0.556. The number of hydrazine groups is 1. The Labute approximate surface area is 142 Å². The minimum absolute atomic E-state index is 0.0555. The minimum Gasteiger partial charge on any atom is -0.481 e. The predicted molar refractivity (Wildman–Crippen MR) is 90.1 cm³/mol. The maximum absolute atomic E-state index is 12.9. The van der Waals surface area contributed by atoms with Gasteiger partial charge in [0, 0.05) is 25.0 Å². The first-order chi connectivity index (χ1) is 11.6. The van der Waals surface area contributed by atoms with Gasteiger partial charge in [-0.2, -0.15) is 0 Å². The smallest absolute Gasteiger partial charge is 0.303 e. The van der Waals surface area contributed by atoms with E-state index in [2.05, 4.69) is 23.0 Å². The summed E-state index contributed by atoms with van der Waals surface area (Å²) in [6.07, 6.45) is 4.35. The van der Waals surface area contributed by atoms with Gasteiger partial charge in [0.2, 0.25) is 5.91 Å². The van der Waals surface area contributed by atoms with Gasteiger partial charge in [-0.25, -0.2) is 10.9 Å². The number of rotatable bonds is 5. The first-order valence-electron chi connectivity index (χ1n) is 8.73. The summed E-state index contributed by atoms with van der Waals surface area (Å²) in [5, 5.41) is 8.92. The van der Waals surface area contributed by atoms with Crippen molar-refractivity contribution in [2.75, 3.05) is 6.54 Å². The van der Waals surface area contributed by atoms with Crippen LogP contribution in [-0.4, -0.2) is 40.5 Å². The summed E-state index contributed by atoms with van der Waals surface area (Å²) in [6.45, 7) is 0.733. The zero-order valence-corrected chi connectivity index (χ0v) is 13.8. The lowest BCUT2D eigenvalue weighted by Gasteiger charge is -2.37. The molecule has 3 rings (SSSR count). The molecule has 0 saturated carbocycles. The number of carbonyl (C=O) groups is 2. The third-order valence-corrected chi connectivity index (χ3v) is 5.00. The SMILES string of the molecule is O=C(O)CCC1CCCCN1C(=O)C1CC(c2ccccc2)NN1. The molecule has 1 aromatic carbocycles. The molecule has 0 radical (unpaired) electrons. The minimum atomic E-state index is -0.794. The lowest BCUT2D eigenvalue weighted by atomic mass is 9.95. The number of piperidine rings is 1. The number of nitrogens with one attached hydrogen (secondary N) is 2. The summed E-state index contributed by atoms with van der Waals surface area (Å²) in [4.78, 5) is 25.7. The third kappa shape index (κ3) is 3.94. The number of likely N-dealkylation sites (tertiary alicyclic amines) is 1. The van der Waals surface area contributed by atoms with Crippen molar-refractivity contribution in [3.05, 3.63) is 35.9 Å². The van der Waals surface area contributed by atoms with Gasteiger partial charge in [-0.1, -0.05) is 30.3 Å². The number of aliphatic carboxylic acids is 1. The maximum Gasteiger partial charge on any atom is 0.303 e. The number of carbonyl (C=O) groups excluding carboxylic acids is 1. The molecular formula is C18H25N3O3. The van der Waals surface area contributed by atoms with Crippen LogP contribution >= 0.6 is 0 Å². The van der Waals surface area contributed by atoms with Crippen LogP contribution in [0.3, 0.4) is 0 Å². The first-order valence-corrected chi connectivity index (χ1v) is 8.73. The molecule has 2 heterocycles. The van der Waals surface area contributed by atoms with Crippen LogP contribution in [0.15, 0.2) is 30.3 Å². The van der Waals surface area contributed by atoms with Crippen LogP contribution in [0.5, 0.6) is 0 Å². The van der Waals surface area contributed by atoms with Crippen LogP contribution in [0.2, 0.25) is 0 Å². The van der Waals surface area contributed by atoms with E-state index in [0.717, 1.165) is 25.8 Å². The molecule has 2 saturated heterocycles. The van der Waals surface area contributed by atoms with Gasteiger partial charge in [-0.15, -0.1) is 0 Å². The van der Waals surface area contributed by atoms with Crippen molar-refractivity contribution >= 4 is 11.9 Å². The van der Waals surface area contributed by atoms with Gasteiger partial charge in [0.15, 0.2) is 0 Å². The van der Waals surface area contributed by atoms with Crippen LogP contribution in [0, 0.1) is 0 Å². The standard InChI is InChI=1S/C18H25N3O3/c22-17(23)10-9-14-8-4-5-11-21(14)18(24)16-12-15(19-20-16)13-6-2-1-3-7-13/h1-3,6-7,14-16,19-20H,4-5,8-12H2,(H,22,23). The van der Waals surface area contributed by atoms with Gasteiger partial charge < -0.3 is 10.0 Å². The van der Waals surface area contributed by atoms with E-state index in [4.69, 9.17) is 5.11 Å². The van der Waals surface area contributed by atoms with Gasteiger partial charge in [0.25, 0.3) is 0 Å². The molecule has 2 aliphatic rings. The van der Waals surface area contributed by atoms with E-state index in [-0.39, 0.29) is 30.5 Å². The highest BCUT2D eigenvalue weighted by Gasteiger charge is 2.36. The third-order valence-electron chi connectivity index (χ3n) is 5.00. The van der Waals surface area contributed by atoms with Crippen LogP contribution in [-0.2, 0) is 9.59 Å². The van der Waals surface area contributed by atoms with Crippen molar-refractivity contribution < 1.29 is 14.7 Å². The quantitative estimate of drug-likeness (QED) is 0.767. The lowest BCUT2D eigenvalue weighted by molar-refractivity contribution is -0.141. The van der Waals surface area contributed by atoms with Crippen LogP contribution in [0.25, 0.3) is 0 Å². The molecule has 3 N–H and O–H groups in total. The van der Waals surface area contributed by atoms with Crippen molar-refractivity contribution in [2.45, 2.75) is 56.7 Å². The molecule has 1 amide bonds. The Morgan fingerprint density at radius 1 is 1.17 bits per heavy atom. The predicted octanol–water partition coefficient (Wildman–Crippen LogP) is 1.84. The normalized spacial score (nSPS) is 27.2. The van der Waals surface area contributed by atoms with Crippen LogP contribution < -0.4 is 10.9 Å². The second-order valence-electron chi connectivity index (χ2n) is 6.65. The van der Waals surface area contributed by atoms with E-state index in [9.17, 15) is 9.59 Å². The lowest BCUT2D eigenvalue weighted by Crippen LogP contribution is -2.51. The van der Waals surface area contributed by atoms with Crippen molar-refractivity contribution in [3.63, 3.8) is 0 Å². The molecule has 1 aromatic rings. The van der Waals surface area contributed by atoms with Gasteiger partial charge in [0.05, 0.1) is 0 Å². The average Bonchev–Trinajstić information content (AvgIpc) is 3.10. The Bertz CT molecular complexity index is 578. The summed E-state index contributed by atoms with van der Waals surface area (Å²) in [5.74, 6) is -0.700. The van der Waals surface area contributed by atoms with Gasteiger partial charge in [-0.3, -0.25) is 9.59 Å². The molecule has 6 nitrogen and oxygen atoms in total. The fourth-order valence-electron chi connectivity index (χ4n) is 3.70. The molecule has 2 fully saturated rings. The highest BCUT2D eigenvalue weighted by molar-refractivity contribution is 5.82. The van der Waals surface area contributed by atoms with E-state index >= 15 is 0 Å². The Balaban J connectivity index is 1.61. The highest BCUT2D eigenvalue weighted by atomic mass is 16.4. The van der Waals surface area contributed by atoms with Crippen LogP contribution in [0.4, 0.5) is 0 Å². The van der Waals surface area contributed by atoms with Gasteiger partial charge in [-0.05, 0) is 37.7 Å². The first kappa shape index (κ1) is 16.9. The van der Waals surface area contributed by atoms with Crippen molar-refractivity contribution in [2.24, 2.45) is 0 Å². The topological polar surface area (TPSA) is 81.7 Å². The Kier molecular flexibility index (Phi) is 5.48. The fourth-order valence-corrected chi connectivity index (χ4v) is 3.70. The van der Waals surface area contributed by atoms with E-state index in [0.29, 0.717) is 12.8 Å². The molecule has 0 bridgehead atoms. The molecule has 3 atom stereocenters. The number of hydrogen-bond acceptors (Lipinski definition) is 4. The Hall–Kier alpha value is -1.92. The number of nitrogens with zero attached hydrogens (tertiary/aromatic N) is 1. The molecule has 0 aromatic heterocycles. The molecule has 0 spiro atoms. The number of carboxylic acids is 1. The number of carboxylic acid groups (broad SMARTS) is 1. The van der Waals surface area contributed by atoms with Crippen molar-refractivity contribution in [1.82, 2.24) is 15.8 Å². The second kappa shape index (κ2) is 7.77. The number of hydrogen-bond donors (Lipinski definition) is 3. The van der Waals surface area contributed by atoms with Crippen molar-refractivity contribution in [3.8, 4) is 0 Å². The van der Waals surface area contributed by atoms with E-state index in [1.54, 1.807) is 0 Å².